The fourth-order valence-electron chi connectivity index (χ4n) is 2.55. The molecule has 0 heterocycles. The van der Waals surface area contributed by atoms with Crippen LogP contribution in [0, 0.1) is 5.41 Å². The van der Waals surface area contributed by atoms with Crippen LogP contribution in [0.25, 0.3) is 0 Å². The number of hydrogen-bond acceptors (Lipinski definition) is 2. The van der Waals surface area contributed by atoms with E-state index in [1.54, 1.807) is 0 Å². The highest BCUT2D eigenvalue weighted by molar-refractivity contribution is 6.87. The van der Waals surface area contributed by atoms with Crippen LogP contribution in [0.3, 0.4) is 0 Å². The molecule has 0 amide bonds. The first-order chi connectivity index (χ1) is 8.74. The average Bonchev–Trinajstić information content (AvgIpc) is 2.21. The zero-order chi connectivity index (χ0) is 16.2. The van der Waals surface area contributed by atoms with Gasteiger partial charge in [0.15, 0.2) is 16.6 Å². The topological polar surface area (TPSA) is 18.5 Å². The van der Waals surface area contributed by atoms with Gasteiger partial charge in [-0.05, 0) is 63.7 Å². The van der Waals surface area contributed by atoms with Gasteiger partial charge in [0, 0.05) is 0 Å². The predicted octanol–water partition coefficient (Wildman–Crippen LogP) is 5.98. The molecule has 0 spiro atoms. The highest BCUT2D eigenvalue weighted by Gasteiger charge is 2.41. The fraction of sp³-hybridized carbons (Fsp3) is 1.00. The fourth-order valence-corrected chi connectivity index (χ4v) is 15.3. The maximum absolute atomic E-state index is 6.58. The molecule has 0 radical (unpaired) electrons. The van der Waals surface area contributed by atoms with Crippen LogP contribution >= 0.6 is 0 Å². The highest BCUT2D eigenvalue weighted by Crippen LogP contribution is 2.35. The molecule has 0 aromatic heterocycles. The second kappa shape index (κ2) is 7.22. The lowest BCUT2D eigenvalue weighted by Gasteiger charge is -2.40. The average molecular weight is 335 g/mol. The van der Waals surface area contributed by atoms with Crippen LogP contribution < -0.4 is 0 Å². The predicted molar refractivity (Wildman–Crippen MR) is 98.6 cm³/mol. The smallest absolute Gasteiger partial charge is 0.314 e. The molecule has 5 heteroatoms. The van der Waals surface area contributed by atoms with Gasteiger partial charge in [0.1, 0.15) is 0 Å². The molecule has 0 aliphatic carbocycles. The molecule has 2 nitrogen and oxygen atoms in total. The lowest BCUT2D eigenvalue weighted by molar-refractivity contribution is 0.271. The van der Waals surface area contributed by atoms with Crippen LogP contribution in [0.4, 0.5) is 0 Å². The van der Waals surface area contributed by atoms with Crippen molar-refractivity contribution < 1.29 is 8.23 Å². The summed E-state index contributed by atoms with van der Waals surface area (Å²) in [4.78, 5) is 0. The normalized spacial score (nSPS) is 14.7. The van der Waals surface area contributed by atoms with E-state index in [9.17, 15) is 0 Å². The van der Waals surface area contributed by atoms with E-state index in [0.717, 1.165) is 6.04 Å². The van der Waals surface area contributed by atoms with Gasteiger partial charge in [-0.25, -0.2) is 0 Å². The van der Waals surface area contributed by atoms with Crippen molar-refractivity contribution in [1.82, 2.24) is 0 Å². The summed E-state index contributed by atoms with van der Waals surface area (Å²) in [5.74, 6) is 0. The molecule has 20 heavy (non-hydrogen) atoms. The monoisotopic (exact) mass is 334 g/mol. The largest absolute Gasteiger partial charge is 0.437 e. The molecule has 122 valence electrons. The van der Waals surface area contributed by atoms with Gasteiger partial charge in [0.25, 0.3) is 0 Å². The summed E-state index contributed by atoms with van der Waals surface area (Å²) in [5, 5.41) is 0. The van der Waals surface area contributed by atoms with Crippen molar-refractivity contribution in [2.45, 2.75) is 91.9 Å². The summed E-state index contributed by atoms with van der Waals surface area (Å²) >= 11 is 0. The van der Waals surface area contributed by atoms with Crippen molar-refractivity contribution in [2.24, 2.45) is 5.41 Å². The molecule has 0 aliphatic rings. The van der Waals surface area contributed by atoms with Crippen LogP contribution in [0.15, 0.2) is 0 Å². The molecule has 0 atom stereocenters. The summed E-state index contributed by atoms with van der Waals surface area (Å²) < 4.78 is 13.2. The molecule has 0 fully saturated rings. The third kappa shape index (κ3) is 8.77. The van der Waals surface area contributed by atoms with E-state index < -0.39 is 25.2 Å². The molecule has 0 saturated heterocycles. The van der Waals surface area contributed by atoms with E-state index in [4.69, 9.17) is 8.23 Å². The third-order valence-electron chi connectivity index (χ3n) is 3.93. The van der Waals surface area contributed by atoms with Gasteiger partial charge in [-0.3, -0.25) is 0 Å². The van der Waals surface area contributed by atoms with Gasteiger partial charge < -0.3 is 8.23 Å². The molecular formula is C15H38O2Si3. The molecule has 0 saturated carbocycles. The second-order valence-corrected chi connectivity index (χ2v) is 21.4. The van der Waals surface area contributed by atoms with Crippen molar-refractivity contribution in [3.63, 3.8) is 0 Å². The molecular weight excluding hydrogens is 296 g/mol. The summed E-state index contributed by atoms with van der Waals surface area (Å²) in [6.07, 6.45) is 3.72. The second-order valence-electron chi connectivity index (χ2n) is 8.58. The molecule has 0 aromatic rings. The SMILES string of the molecule is CCC(C)(CC)CC[Si](C)(O[Si](C)(C)C)O[Si](C)(C)C. The van der Waals surface area contributed by atoms with Gasteiger partial charge in [-0.15, -0.1) is 0 Å². The van der Waals surface area contributed by atoms with Crippen molar-refractivity contribution in [2.75, 3.05) is 0 Å². The van der Waals surface area contributed by atoms with E-state index in [1.807, 2.05) is 0 Å². The van der Waals surface area contributed by atoms with E-state index in [0.29, 0.717) is 5.41 Å². The minimum Gasteiger partial charge on any atom is -0.437 e. The standard InChI is InChI=1S/C15H38O2Si3/c1-11-15(3,12-2)13-14-20(10,16-18(4,5)6)17-19(7,8)9/h11-14H2,1-10H3. The quantitative estimate of drug-likeness (QED) is 0.483. The maximum atomic E-state index is 6.58. The van der Waals surface area contributed by atoms with E-state index in [2.05, 4.69) is 66.6 Å². The number of hydrogen-bond donors (Lipinski definition) is 0. The number of rotatable bonds is 9. The van der Waals surface area contributed by atoms with Crippen molar-refractivity contribution in [3.8, 4) is 0 Å². The molecule has 0 unspecified atom stereocenters. The Morgan fingerprint density at radius 2 is 1.10 bits per heavy atom. The Morgan fingerprint density at radius 1 is 0.750 bits per heavy atom. The van der Waals surface area contributed by atoms with E-state index >= 15 is 0 Å². The Labute approximate surface area is 131 Å². The van der Waals surface area contributed by atoms with Gasteiger partial charge in [-0.1, -0.05) is 33.6 Å². The van der Waals surface area contributed by atoms with Crippen LogP contribution in [-0.2, 0) is 8.23 Å². The lowest BCUT2D eigenvalue weighted by Crippen LogP contribution is -2.52. The molecule has 0 aromatic carbocycles. The summed E-state index contributed by atoms with van der Waals surface area (Å²) in [7, 11) is -5.14. The van der Waals surface area contributed by atoms with Crippen molar-refractivity contribution in [3.05, 3.63) is 0 Å². The van der Waals surface area contributed by atoms with E-state index in [1.165, 1.54) is 19.3 Å². The van der Waals surface area contributed by atoms with E-state index in [-0.39, 0.29) is 0 Å². The Morgan fingerprint density at radius 3 is 1.35 bits per heavy atom. The Kier molecular flexibility index (Phi) is 7.43. The summed E-state index contributed by atoms with van der Waals surface area (Å²) in [6, 6.07) is 1.14. The minimum atomic E-state index is -2.04. The molecule has 0 aliphatic heterocycles. The Balaban J connectivity index is 4.95. The van der Waals surface area contributed by atoms with Gasteiger partial charge in [0.05, 0.1) is 0 Å². The Bertz CT molecular complexity index is 272. The summed E-state index contributed by atoms with van der Waals surface area (Å²) in [5.41, 5.74) is 0.444. The first kappa shape index (κ1) is 20.6. The van der Waals surface area contributed by atoms with Crippen LogP contribution in [-0.4, -0.2) is 25.2 Å². The van der Waals surface area contributed by atoms with Gasteiger partial charge in [0.2, 0.25) is 0 Å². The lowest BCUT2D eigenvalue weighted by atomic mass is 9.82. The maximum Gasteiger partial charge on any atom is 0.314 e. The van der Waals surface area contributed by atoms with Crippen LogP contribution in [0.5, 0.6) is 0 Å². The zero-order valence-electron chi connectivity index (χ0n) is 15.6. The molecule has 0 rings (SSSR count). The Hall–Kier alpha value is 0.571. The van der Waals surface area contributed by atoms with Crippen molar-refractivity contribution in [1.29, 1.82) is 0 Å². The third-order valence-corrected chi connectivity index (χ3v) is 13.4. The van der Waals surface area contributed by atoms with Crippen LogP contribution in [0.2, 0.25) is 51.9 Å². The van der Waals surface area contributed by atoms with Crippen LogP contribution in [0.1, 0.15) is 40.0 Å². The highest BCUT2D eigenvalue weighted by atomic mass is 28.5. The minimum absolute atomic E-state index is 0.444. The summed E-state index contributed by atoms with van der Waals surface area (Å²) in [6.45, 7) is 23.0. The van der Waals surface area contributed by atoms with Gasteiger partial charge in [-0.2, -0.15) is 0 Å². The van der Waals surface area contributed by atoms with Gasteiger partial charge >= 0.3 is 8.56 Å². The zero-order valence-corrected chi connectivity index (χ0v) is 18.6. The molecule has 0 N–H and O–H groups in total. The first-order valence-electron chi connectivity index (χ1n) is 8.14. The molecule has 0 bridgehead atoms. The first-order valence-corrected chi connectivity index (χ1v) is 17.5. The van der Waals surface area contributed by atoms with Crippen molar-refractivity contribution >= 4 is 25.2 Å².